The summed E-state index contributed by atoms with van der Waals surface area (Å²) in [5.41, 5.74) is 0. The Morgan fingerprint density at radius 3 is 2.69 bits per heavy atom. The molecule has 0 amide bonds. The molecule has 4 heteroatoms. The quantitative estimate of drug-likeness (QED) is 0.623. The minimum absolute atomic E-state index is 0.326. The molecule has 0 fully saturated rings. The summed E-state index contributed by atoms with van der Waals surface area (Å²) in [5.74, 6) is -2.80. The van der Waals surface area contributed by atoms with E-state index in [0.29, 0.717) is 6.54 Å². The van der Waals surface area contributed by atoms with Crippen molar-refractivity contribution < 1.29 is 13.5 Å². The summed E-state index contributed by atoms with van der Waals surface area (Å²) >= 11 is 0. The fourth-order valence-electron chi connectivity index (χ4n) is 0.680. The summed E-state index contributed by atoms with van der Waals surface area (Å²) in [7, 11) is 0. The van der Waals surface area contributed by atoms with E-state index in [9.17, 15) is 8.78 Å². The highest BCUT2D eigenvalue weighted by molar-refractivity contribution is 4.77. The monoisotopic (exact) mass is 193 g/mol. The zero-order chi connectivity index (χ0) is 10.3. The van der Waals surface area contributed by atoms with Crippen LogP contribution in [0, 0.1) is 0 Å². The second-order valence-corrected chi connectivity index (χ2v) is 2.89. The molecule has 0 aromatic rings. The summed E-state index contributed by atoms with van der Waals surface area (Å²) in [6, 6.07) is 0. The number of ether oxygens (including phenoxy) is 1. The van der Waals surface area contributed by atoms with Gasteiger partial charge in [-0.15, -0.1) is 6.58 Å². The summed E-state index contributed by atoms with van der Waals surface area (Å²) in [6.45, 7) is 6.53. The van der Waals surface area contributed by atoms with Crippen molar-refractivity contribution in [2.45, 2.75) is 25.9 Å². The van der Waals surface area contributed by atoms with Crippen molar-refractivity contribution in [1.82, 2.24) is 5.32 Å². The van der Waals surface area contributed by atoms with Crippen molar-refractivity contribution in [3.8, 4) is 0 Å². The number of alkyl halides is 2. The Kier molecular flexibility index (Phi) is 5.82. The van der Waals surface area contributed by atoms with Crippen LogP contribution in [0.15, 0.2) is 12.7 Å². The molecule has 1 N–H and O–H groups in total. The highest BCUT2D eigenvalue weighted by Gasteiger charge is 2.28. The summed E-state index contributed by atoms with van der Waals surface area (Å²) < 4.78 is 30.6. The van der Waals surface area contributed by atoms with Crippen molar-refractivity contribution in [3.63, 3.8) is 0 Å². The third-order valence-electron chi connectivity index (χ3n) is 1.52. The molecule has 2 nitrogen and oxygen atoms in total. The fourth-order valence-corrected chi connectivity index (χ4v) is 0.680. The highest BCUT2D eigenvalue weighted by atomic mass is 19.3. The van der Waals surface area contributed by atoms with Gasteiger partial charge in [0.15, 0.2) is 0 Å². The first-order valence-electron chi connectivity index (χ1n) is 4.34. The van der Waals surface area contributed by atoms with Crippen molar-refractivity contribution in [2.24, 2.45) is 0 Å². The smallest absolute Gasteiger partial charge is 0.283 e. The van der Waals surface area contributed by atoms with Crippen LogP contribution in [0.1, 0.15) is 13.8 Å². The van der Waals surface area contributed by atoms with Crippen LogP contribution >= 0.6 is 0 Å². The summed E-state index contributed by atoms with van der Waals surface area (Å²) in [4.78, 5) is 0. The third-order valence-corrected chi connectivity index (χ3v) is 1.52. The summed E-state index contributed by atoms with van der Waals surface area (Å²) in [6.07, 6.45) is 1.16. The largest absolute Gasteiger partial charge is 0.368 e. The Labute approximate surface area is 78.0 Å². The van der Waals surface area contributed by atoms with Gasteiger partial charge >= 0.3 is 0 Å². The molecule has 0 aliphatic heterocycles. The number of hydrogen-bond donors (Lipinski definition) is 1. The Bertz CT molecular complexity index is 151. The van der Waals surface area contributed by atoms with E-state index < -0.39 is 12.5 Å². The van der Waals surface area contributed by atoms with E-state index in [1.807, 2.05) is 0 Å². The van der Waals surface area contributed by atoms with Gasteiger partial charge in [-0.05, 0) is 13.5 Å². The third kappa shape index (κ3) is 6.66. The second kappa shape index (κ2) is 6.05. The van der Waals surface area contributed by atoms with Crippen molar-refractivity contribution in [1.29, 1.82) is 0 Å². The first-order valence-corrected chi connectivity index (χ1v) is 4.34. The molecule has 0 aliphatic carbocycles. The van der Waals surface area contributed by atoms with Crippen LogP contribution in [0.5, 0.6) is 0 Å². The van der Waals surface area contributed by atoms with Gasteiger partial charge in [0.25, 0.3) is 5.92 Å². The van der Waals surface area contributed by atoms with E-state index in [-0.39, 0.29) is 12.6 Å². The zero-order valence-electron chi connectivity index (χ0n) is 8.15. The average Bonchev–Trinajstić information content (AvgIpc) is 2.11. The van der Waals surface area contributed by atoms with E-state index in [4.69, 9.17) is 4.74 Å². The van der Waals surface area contributed by atoms with Crippen LogP contribution in [0.25, 0.3) is 0 Å². The Morgan fingerprint density at radius 1 is 1.62 bits per heavy atom. The Hall–Kier alpha value is -0.480. The highest BCUT2D eigenvalue weighted by Crippen LogP contribution is 2.13. The molecular formula is C9H17F2NO. The van der Waals surface area contributed by atoms with Gasteiger partial charge in [-0.3, -0.25) is 0 Å². The van der Waals surface area contributed by atoms with Gasteiger partial charge < -0.3 is 10.1 Å². The molecule has 0 aliphatic rings. The zero-order valence-corrected chi connectivity index (χ0v) is 8.15. The maximum atomic E-state index is 12.9. The van der Waals surface area contributed by atoms with Gasteiger partial charge in [0, 0.05) is 0 Å². The van der Waals surface area contributed by atoms with E-state index in [1.54, 1.807) is 13.8 Å². The van der Waals surface area contributed by atoms with Crippen LogP contribution in [0.3, 0.4) is 0 Å². The molecular weight excluding hydrogens is 176 g/mol. The molecule has 0 rings (SSSR count). The van der Waals surface area contributed by atoms with Crippen LogP contribution in [0.2, 0.25) is 0 Å². The van der Waals surface area contributed by atoms with Gasteiger partial charge in [-0.2, -0.15) is 0 Å². The van der Waals surface area contributed by atoms with Crippen molar-refractivity contribution >= 4 is 0 Å². The maximum Gasteiger partial charge on any atom is 0.283 e. The first kappa shape index (κ1) is 12.5. The van der Waals surface area contributed by atoms with Crippen LogP contribution in [-0.4, -0.2) is 31.7 Å². The minimum Gasteiger partial charge on any atom is -0.368 e. The summed E-state index contributed by atoms with van der Waals surface area (Å²) in [5, 5.41) is 2.57. The lowest BCUT2D eigenvalue weighted by Crippen LogP contribution is -2.37. The molecule has 0 spiro atoms. The van der Waals surface area contributed by atoms with Crippen molar-refractivity contribution in [2.75, 3.05) is 19.7 Å². The molecule has 1 atom stereocenters. The number of nitrogens with one attached hydrogen (secondary N) is 1. The number of hydrogen-bond acceptors (Lipinski definition) is 2. The van der Waals surface area contributed by atoms with Gasteiger partial charge in [-0.25, -0.2) is 8.78 Å². The van der Waals surface area contributed by atoms with E-state index in [0.717, 1.165) is 0 Å². The molecule has 0 heterocycles. The van der Waals surface area contributed by atoms with Crippen LogP contribution in [-0.2, 0) is 4.74 Å². The second-order valence-electron chi connectivity index (χ2n) is 2.89. The maximum absolute atomic E-state index is 12.9. The lowest BCUT2D eigenvalue weighted by molar-refractivity contribution is -0.0844. The van der Waals surface area contributed by atoms with Gasteiger partial charge in [0.2, 0.25) is 0 Å². The molecule has 0 aromatic carbocycles. The normalized spacial score (nSPS) is 14.2. The number of rotatable bonds is 7. The molecule has 0 aromatic heterocycles. The molecule has 0 saturated carbocycles. The Morgan fingerprint density at radius 2 is 2.23 bits per heavy atom. The van der Waals surface area contributed by atoms with Gasteiger partial charge in [0.1, 0.15) is 6.61 Å². The molecule has 0 radical (unpaired) electrons. The number of halogens is 2. The average molecular weight is 193 g/mol. The molecule has 0 bridgehead atoms. The predicted octanol–water partition coefficient (Wildman–Crippen LogP) is 1.82. The van der Waals surface area contributed by atoms with E-state index >= 15 is 0 Å². The minimum atomic E-state index is -2.80. The molecule has 0 saturated heterocycles. The molecule has 1 unspecified atom stereocenters. The lowest BCUT2D eigenvalue weighted by Gasteiger charge is -2.18. The standard InChI is InChI=1S/C9H17F2NO/c1-4-8(3)13-7-9(10,11)6-12-5-2/h4,8,12H,1,5-7H2,2-3H3. The van der Waals surface area contributed by atoms with Gasteiger partial charge in [0.05, 0.1) is 12.6 Å². The SMILES string of the molecule is C=CC(C)OCC(F)(F)CNCC. The fraction of sp³-hybridized carbons (Fsp3) is 0.778. The van der Waals surface area contributed by atoms with E-state index in [1.165, 1.54) is 6.08 Å². The van der Waals surface area contributed by atoms with Gasteiger partial charge in [-0.1, -0.05) is 13.0 Å². The first-order chi connectivity index (χ1) is 6.02. The topological polar surface area (TPSA) is 21.3 Å². The van der Waals surface area contributed by atoms with Crippen molar-refractivity contribution in [3.05, 3.63) is 12.7 Å². The van der Waals surface area contributed by atoms with Crippen LogP contribution < -0.4 is 5.32 Å². The molecule has 78 valence electrons. The Balaban J connectivity index is 3.67. The molecule has 13 heavy (non-hydrogen) atoms. The van der Waals surface area contributed by atoms with E-state index in [2.05, 4.69) is 11.9 Å². The lowest BCUT2D eigenvalue weighted by atomic mass is 10.3. The predicted molar refractivity (Wildman–Crippen MR) is 49.1 cm³/mol. The van der Waals surface area contributed by atoms with Crippen LogP contribution in [0.4, 0.5) is 8.78 Å².